The van der Waals surface area contributed by atoms with E-state index in [1.54, 1.807) is 0 Å². The van der Waals surface area contributed by atoms with Gasteiger partial charge in [0.2, 0.25) is 0 Å². The van der Waals surface area contributed by atoms with Crippen LogP contribution in [0.25, 0.3) is 0 Å². The van der Waals surface area contributed by atoms with Gasteiger partial charge in [-0.3, -0.25) is 0 Å². The molecule has 84 valence electrons. The average molecular weight is 242 g/mol. The third-order valence-corrected chi connectivity index (χ3v) is 1.54. The number of rotatable bonds is 3. The highest BCUT2D eigenvalue weighted by molar-refractivity contribution is 6.29. The molecular formula is C7H7ClF3N3O. The molecule has 4 nitrogen and oxygen atoms in total. The van der Waals surface area contributed by atoms with Crippen LogP contribution >= 0.6 is 11.6 Å². The molecule has 0 saturated carbocycles. The maximum absolute atomic E-state index is 11.9. The van der Waals surface area contributed by atoms with Crippen molar-refractivity contribution >= 4 is 17.4 Å². The molecule has 1 heterocycles. The van der Waals surface area contributed by atoms with E-state index in [4.69, 9.17) is 16.3 Å². The Kier molecular flexibility index (Phi) is 3.57. The molecule has 0 spiro atoms. The second kappa shape index (κ2) is 4.52. The summed E-state index contributed by atoms with van der Waals surface area (Å²) in [5.74, 6) is -0.175. The summed E-state index contributed by atoms with van der Waals surface area (Å²) >= 11 is 5.47. The molecule has 0 unspecified atom stereocenters. The Morgan fingerprint density at radius 1 is 1.53 bits per heavy atom. The topological polar surface area (TPSA) is 47.0 Å². The molecule has 0 radical (unpaired) electrons. The van der Waals surface area contributed by atoms with Gasteiger partial charge in [0.25, 0.3) is 5.88 Å². The number of hydrogen-bond donors (Lipinski definition) is 1. The Balaban J connectivity index is 2.79. The van der Waals surface area contributed by atoms with Gasteiger partial charge < -0.3 is 10.1 Å². The van der Waals surface area contributed by atoms with Crippen LogP contribution in [0.15, 0.2) is 6.20 Å². The van der Waals surface area contributed by atoms with Crippen LogP contribution in [0.5, 0.6) is 5.88 Å². The largest absolute Gasteiger partial charge is 0.478 e. The van der Waals surface area contributed by atoms with Gasteiger partial charge in [0.1, 0.15) is 11.7 Å². The maximum Gasteiger partial charge on any atom is 0.405 e. The van der Waals surface area contributed by atoms with Gasteiger partial charge in [-0.05, 0) is 0 Å². The van der Waals surface area contributed by atoms with E-state index in [0.717, 1.165) is 0 Å². The third kappa shape index (κ3) is 3.78. The minimum atomic E-state index is -4.34. The standard InChI is InChI=1S/C7H7ClF3N3O/c1-15-6-5(13-3-7(9,10)11)14-4(8)2-12-6/h2H,3H2,1H3,(H,13,14). The monoisotopic (exact) mass is 241 g/mol. The molecule has 8 heteroatoms. The summed E-state index contributed by atoms with van der Waals surface area (Å²) in [5.41, 5.74) is 0. The number of nitrogens with one attached hydrogen (secondary N) is 1. The Morgan fingerprint density at radius 2 is 2.20 bits per heavy atom. The van der Waals surface area contributed by atoms with Crippen LogP contribution in [0.4, 0.5) is 19.0 Å². The van der Waals surface area contributed by atoms with E-state index >= 15 is 0 Å². The van der Waals surface area contributed by atoms with E-state index in [-0.39, 0.29) is 16.9 Å². The number of methoxy groups -OCH3 is 1. The summed E-state index contributed by atoms with van der Waals surface area (Å²) in [4.78, 5) is 7.26. The SMILES string of the molecule is COc1ncc(Cl)nc1NCC(F)(F)F. The van der Waals surface area contributed by atoms with Crippen LogP contribution in [0.3, 0.4) is 0 Å². The fourth-order valence-corrected chi connectivity index (χ4v) is 0.938. The molecule has 0 atom stereocenters. The first kappa shape index (κ1) is 11.8. The van der Waals surface area contributed by atoms with Crippen LogP contribution in [0, 0.1) is 0 Å². The van der Waals surface area contributed by atoms with Crippen molar-refractivity contribution in [1.82, 2.24) is 9.97 Å². The van der Waals surface area contributed by atoms with Crippen LogP contribution < -0.4 is 10.1 Å². The fraction of sp³-hybridized carbons (Fsp3) is 0.429. The predicted molar refractivity (Wildman–Crippen MR) is 48.1 cm³/mol. The highest BCUT2D eigenvalue weighted by Gasteiger charge is 2.27. The van der Waals surface area contributed by atoms with E-state index < -0.39 is 12.7 Å². The van der Waals surface area contributed by atoms with Crippen molar-refractivity contribution < 1.29 is 17.9 Å². The molecule has 15 heavy (non-hydrogen) atoms. The first-order valence-corrected chi connectivity index (χ1v) is 4.17. The van der Waals surface area contributed by atoms with Crippen molar-refractivity contribution in [2.24, 2.45) is 0 Å². The van der Waals surface area contributed by atoms with E-state index in [1.165, 1.54) is 13.3 Å². The Hall–Kier alpha value is -1.24. The lowest BCUT2D eigenvalue weighted by molar-refractivity contribution is -0.115. The van der Waals surface area contributed by atoms with Crippen LogP contribution in [0.2, 0.25) is 5.15 Å². The molecule has 1 rings (SSSR count). The third-order valence-electron chi connectivity index (χ3n) is 1.36. The van der Waals surface area contributed by atoms with E-state index in [9.17, 15) is 13.2 Å². The van der Waals surface area contributed by atoms with Gasteiger partial charge in [-0.25, -0.2) is 9.97 Å². The number of alkyl halides is 3. The number of halogens is 4. The van der Waals surface area contributed by atoms with Crippen molar-refractivity contribution in [3.05, 3.63) is 11.3 Å². The molecule has 1 aromatic heterocycles. The van der Waals surface area contributed by atoms with E-state index in [1.807, 2.05) is 5.32 Å². The highest BCUT2D eigenvalue weighted by atomic mass is 35.5. The second-order valence-corrected chi connectivity index (χ2v) is 2.91. The van der Waals surface area contributed by atoms with Crippen LogP contribution in [-0.4, -0.2) is 29.8 Å². The molecule has 0 aliphatic heterocycles. The lowest BCUT2D eigenvalue weighted by Gasteiger charge is -2.10. The number of aromatic nitrogens is 2. The molecule has 0 aliphatic rings. The van der Waals surface area contributed by atoms with Crippen molar-refractivity contribution in [2.45, 2.75) is 6.18 Å². The quantitative estimate of drug-likeness (QED) is 0.881. The lowest BCUT2D eigenvalue weighted by Crippen LogP contribution is -2.22. The summed E-state index contributed by atoms with van der Waals surface area (Å²) in [6.45, 7) is -1.22. The first-order valence-electron chi connectivity index (χ1n) is 3.79. The van der Waals surface area contributed by atoms with Crippen molar-refractivity contribution in [3.63, 3.8) is 0 Å². The van der Waals surface area contributed by atoms with Gasteiger partial charge in [-0.2, -0.15) is 13.2 Å². The summed E-state index contributed by atoms with van der Waals surface area (Å²) in [5, 5.41) is 2.02. The predicted octanol–water partition coefficient (Wildman–Crippen LogP) is 2.11. The molecule has 0 aliphatic carbocycles. The van der Waals surface area contributed by atoms with Gasteiger partial charge in [0.05, 0.1) is 13.3 Å². The smallest absolute Gasteiger partial charge is 0.405 e. The van der Waals surface area contributed by atoms with Crippen molar-refractivity contribution in [2.75, 3.05) is 19.0 Å². The number of nitrogens with zero attached hydrogens (tertiary/aromatic N) is 2. The van der Waals surface area contributed by atoms with Crippen LogP contribution in [0.1, 0.15) is 0 Å². The molecular weight excluding hydrogens is 235 g/mol. The second-order valence-electron chi connectivity index (χ2n) is 2.52. The normalized spacial score (nSPS) is 11.3. The molecule has 0 saturated heterocycles. The van der Waals surface area contributed by atoms with Crippen molar-refractivity contribution in [3.8, 4) is 5.88 Å². The van der Waals surface area contributed by atoms with E-state index in [2.05, 4.69) is 9.97 Å². The average Bonchev–Trinajstić information content (AvgIpc) is 2.14. The molecule has 1 N–H and O–H groups in total. The Bertz CT molecular complexity index is 345. The zero-order valence-corrected chi connectivity index (χ0v) is 8.35. The van der Waals surface area contributed by atoms with Crippen molar-refractivity contribution in [1.29, 1.82) is 0 Å². The Morgan fingerprint density at radius 3 is 2.73 bits per heavy atom. The summed E-state index contributed by atoms with van der Waals surface area (Å²) in [7, 11) is 1.27. The molecule has 0 aromatic carbocycles. The van der Waals surface area contributed by atoms with Gasteiger partial charge in [-0.1, -0.05) is 11.6 Å². The van der Waals surface area contributed by atoms with Gasteiger partial charge in [-0.15, -0.1) is 0 Å². The summed E-state index contributed by atoms with van der Waals surface area (Å²) < 4.78 is 40.4. The minimum absolute atomic E-state index is 0.0134. The van der Waals surface area contributed by atoms with Gasteiger partial charge in [0.15, 0.2) is 5.82 Å². The zero-order chi connectivity index (χ0) is 11.5. The maximum atomic E-state index is 11.9. The first-order chi connectivity index (χ1) is 6.92. The molecule has 0 bridgehead atoms. The Labute approximate surface area is 88.4 Å². The van der Waals surface area contributed by atoms with Gasteiger partial charge >= 0.3 is 6.18 Å². The molecule has 1 aromatic rings. The fourth-order valence-electron chi connectivity index (χ4n) is 0.805. The lowest BCUT2D eigenvalue weighted by atomic mass is 10.5. The number of anilines is 1. The summed E-state index contributed by atoms with van der Waals surface area (Å²) in [6, 6.07) is 0. The highest BCUT2D eigenvalue weighted by Crippen LogP contribution is 2.22. The summed E-state index contributed by atoms with van der Waals surface area (Å²) in [6.07, 6.45) is -3.16. The molecule has 0 amide bonds. The zero-order valence-electron chi connectivity index (χ0n) is 7.60. The minimum Gasteiger partial charge on any atom is -0.478 e. The number of ether oxygens (including phenoxy) is 1. The number of hydrogen-bond acceptors (Lipinski definition) is 4. The molecule has 0 fully saturated rings. The van der Waals surface area contributed by atoms with E-state index in [0.29, 0.717) is 0 Å². The van der Waals surface area contributed by atoms with Gasteiger partial charge in [0, 0.05) is 0 Å². The van der Waals surface area contributed by atoms with Crippen LogP contribution in [-0.2, 0) is 0 Å².